The van der Waals surface area contributed by atoms with Crippen LogP contribution in [0.4, 0.5) is 11.5 Å². The minimum Gasteiger partial charge on any atom is -0.355 e. The van der Waals surface area contributed by atoms with Gasteiger partial charge in [0.25, 0.3) is 5.91 Å². The molecule has 31 heavy (non-hydrogen) atoms. The van der Waals surface area contributed by atoms with Gasteiger partial charge in [-0.1, -0.05) is 29.4 Å². The van der Waals surface area contributed by atoms with E-state index in [2.05, 4.69) is 37.1 Å². The predicted molar refractivity (Wildman–Crippen MR) is 122 cm³/mol. The lowest BCUT2D eigenvalue weighted by molar-refractivity contribution is 0.102. The van der Waals surface area contributed by atoms with Crippen LogP contribution in [0.3, 0.4) is 0 Å². The van der Waals surface area contributed by atoms with Crippen LogP contribution in [0.25, 0.3) is 0 Å². The summed E-state index contributed by atoms with van der Waals surface area (Å²) < 4.78 is 0. The van der Waals surface area contributed by atoms with Gasteiger partial charge in [0, 0.05) is 35.9 Å². The molecule has 0 atom stereocenters. The number of carbonyl (C=O) groups is 1. The second-order valence-electron chi connectivity index (χ2n) is 7.62. The molecule has 3 N–H and O–H groups in total. The van der Waals surface area contributed by atoms with Crippen LogP contribution in [0, 0.1) is 0 Å². The summed E-state index contributed by atoms with van der Waals surface area (Å²) in [5.74, 6) is 0.465. The van der Waals surface area contributed by atoms with E-state index in [0.29, 0.717) is 15.7 Å². The maximum absolute atomic E-state index is 12.4. The average Bonchev–Trinajstić information content (AvgIpc) is 2.78. The molecule has 10 heteroatoms. The number of nitrogens with two attached hydrogens (primary N) is 1. The first-order valence-electron chi connectivity index (χ1n) is 9.81. The Hall–Kier alpha value is -2.75. The van der Waals surface area contributed by atoms with Gasteiger partial charge in [0.05, 0.1) is 29.3 Å². The van der Waals surface area contributed by atoms with E-state index in [1.165, 1.54) is 30.4 Å². The van der Waals surface area contributed by atoms with Gasteiger partial charge in [0.1, 0.15) is 16.5 Å². The molecule has 1 aliphatic rings. The van der Waals surface area contributed by atoms with Crippen LogP contribution in [0.1, 0.15) is 30.3 Å². The van der Waals surface area contributed by atoms with Crippen LogP contribution < -0.4 is 16.0 Å². The largest absolute Gasteiger partial charge is 0.355 e. The van der Waals surface area contributed by atoms with Gasteiger partial charge >= 0.3 is 0 Å². The van der Waals surface area contributed by atoms with Crippen LogP contribution in [-0.4, -0.2) is 44.5 Å². The summed E-state index contributed by atoms with van der Waals surface area (Å²) in [6.45, 7) is 3.82. The topological polar surface area (TPSA) is 110 Å². The lowest BCUT2D eigenvalue weighted by Gasteiger charge is -2.37. The second kappa shape index (κ2) is 9.17. The molecule has 1 amide bonds. The number of piperidine rings is 1. The highest BCUT2D eigenvalue weighted by atomic mass is 35.5. The molecule has 1 aromatic carbocycles. The summed E-state index contributed by atoms with van der Waals surface area (Å²) in [4.78, 5) is 32.3. The number of carbonyl (C=O) groups excluding carboxylic acids is 1. The van der Waals surface area contributed by atoms with Crippen molar-refractivity contribution in [1.29, 1.82) is 0 Å². The lowest BCUT2D eigenvalue weighted by Crippen LogP contribution is -2.48. The molecular weight excluding hydrogens is 434 g/mol. The quantitative estimate of drug-likeness (QED) is 0.600. The summed E-state index contributed by atoms with van der Waals surface area (Å²) >= 11 is 7.91. The number of rotatable bonds is 5. The number of hydrogen-bond acceptors (Lipinski definition) is 8. The van der Waals surface area contributed by atoms with Gasteiger partial charge in [-0.15, -0.1) is 0 Å². The zero-order valence-electron chi connectivity index (χ0n) is 17.0. The smallest absolute Gasteiger partial charge is 0.275 e. The van der Waals surface area contributed by atoms with E-state index >= 15 is 0 Å². The second-order valence-corrected chi connectivity index (χ2v) is 9.06. The molecule has 0 bridgehead atoms. The standard InChI is InChI=1S/C21H22ClN7OS/c1-21(23)5-9-29(10-6-21)17-12-27-18(13-26-17)31-16-4-2-3-14(19(16)22)28-20(30)15-11-24-7-8-25-15/h2-4,7-8,11-13H,5-6,9-10,23H2,1H3,(H,28,30). The fourth-order valence-electron chi connectivity index (χ4n) is 3.17. The normalized spacial score (nSPS) is 15.5. The molecule has 0 aliphatic carbocycles. The van der Waals surface area contributed by atoms with Gasteiger partial charge in [-0.05, 0) is 31.9 Å². The fraction of sp³-hybridized carbons (Fsp3) is 0.286. The first kappa shape index (κ1) is 21.5. The molecule has 8 nitrogen and oxygen atoms in total. The maximum Gasteiger partial charge on any atom is 0.275 e. The third-order valence-corrected chi connectivity index (χ3v) is 6.57. The highest BCUT2D eigenvalue weighted by Crippen LogP contribution is 2.37. The van der Waals surface area contributed by atoms with E-state index in [1.807, 2.05) is 12.1 Å². The Balaban J connectivity index is 1.44. The fourth-order valence-corrected chi connectivity index (χ4v) is 4.24. The SMILES string of the molecule is CC1(N)CCN(c2cnc(Sc3cccc(NC(=O)c4cnccn4)c3Cl)cn2)CC1. The van der Waals surface area contributed by atoms with Gasteiger partial charge in [-0.3, -0.25) is 9.78 Å². The molecule has 160 valence electrons. The molecule has 2 aromatic heterocycles. The number of amides is 1. The van der Waals surface area contributed by atoms with Crippen molar-refractivity contribution in [3.63, 3.8) is 0 Å². The van der Waals surface area contributed by atoms with E-state index < -0.39 is 0 Å². The van der Waals surface area contributed by atoms with Crippen LogP contribution in [0.2, 0.25) is 5.02 Å². The molecule has 0 unspecified atom stereocenters. The van der Waals surface area contributed by atoms with Crippen LogP contribution in [-0.2, 0) is 0 Å². The van der Waals surface area contributed by atoms with E-state index in [0.717, 1.165) is 36.6 Å². The Kier molecular flexibility index (Phi) is 6.35. The summed E-state index contributed by atoms with van der Waals surface area (Å²) in [6.07, 6.45) is 9.72. The zero-order chi connectivity index (χ0) is 21.8. The minimum atomic E-state index is -0.378. The van der Waals surface area contributed by atoms with Crippen molar-refractivity contribution in [2.24, 2.45) is 5.73 Å². The Morgan fingerprint density at radius 3 is 2.65 bits per heavy atom. The number of nitrogens with zero attached hydrogens (tertiary/aromatic N) is 5. The molecule has 3 aromatic rings. The monoisotopic (exact) mass is 455 g/mol. The number of nitrogens with one attached hydrogen (secondary N) is 1. The molecule has 4 rings (SSSR count). The molecule has 0 spiro atoms. The lowest BCUT2D eigenvalue weighted by atomic mass is 9.91. The summed E-state index contributed by atoms with van der Waals surface area (Å²) in [5, 5.41) is 3.91. The van der Waals surface area contributed by atoms with Crippen molar-refractivity contribution in [3.05, 3.63) is 59.9 Å². The number of anilines is 2. The van der Waals surface area contributed by atoms with Crippen LogP contribution >= 0.6 is 23.4 Å². The zero-order valence-corrected chi connectivity index (χ0v) is 18.5. The Morgan fingerprint density at radius 1 is 1.16 bits per heavy atom. The summed E-state index contributed by atoms with van der Waals surface area (Å²) in [7, 11) is 0. The van der Waals surface area contributed by atoms with E-state index in [-0.39, 0.29) is 17.1 Å². The third kappa shape index (κ3) is 5.30. The number of aromatic nitrogens is 4. The first-order valence-corrected chi connectivity index (χ1v) is 11.0. The number of halogens is 1. The highest BCUT2D eigenvalue weighted by Gasteiger charge is 2.26. The van der Waals surface area contributed by atoms with E-state index in [1.54, 1.807) is 18.5 Å². The summed E-state index contributed by atoms with van der Waals surface area (Å²) in [6, 6.07) is 5.42. The van der Waals surface area contributed by atoms with Crippen LogP contribution in [0.5, 0.6) is 0 Å². The average molecular weight is 456 g/mol. The molecule has 3 heterocycles. The Morgan fingerprint density at radius 2 is 1.97 bits per heavy atom. The maximum atomic E-state index is 12.4. The van der Waals surface area contributed by atoms with Gasteiger partial charge in [0.2, 0.25) is 0 Å². The molecule has 0 saturated carbocycles. The Labute approximate surface area is 189 Å². The first-order chi connectivity index (χ1) is 14.9. The minimum absolute atomic E-state index is 0.107. The molecule has 1 saturated heterocycles. The molecular formula is C21H22ClN7OS. The van der Waals surface area contributed by atoms with Gasteiger partial charge in [-0.2, -0.15) is 0 Å². The highest BCUT2D eigenvalue weighted by molar-refractivity contribution is 7.99. The number of benzene rings is 1. The predicted octanol–water partition coefficient (Wildman–Crippen LogP) is 3.64. The van der Waals surface area contributed by atoms with Gasteiger partial charge in [0.15, 0.2) is 0 Å². The van der Waals surface area contributed by atoms with E-state index in [4.69, 9.17) is 17.3 Å². The van der Waals surface area contributed by atoms with Crippen molar-refractivity contribution in [2.45, 2.75) is 35.2 Å². The number of hydrogen-bond donors (Lipinski definition) is 2. The molecule has 1 fully saturated rings. The molecule has 0 radical (unpaired) electrons. The van der Waals surface area contributed by atoms with Crippen molar-refractivity contribution in [3.8, 4) is 0 Å². The van der Waals surface area contributed by atoms with Crippen molar-refractivity contribution < 1.29 is 4.79 Å². The van der Waals surface area contributed by atoms with Crippen molar-refractivity contribution in [1.82, 2.24) is 19.9 Å². The van der Waals surface area contributed by atoms with Gasteiger partial charge in [-0.25, -0.2) is 15.0 Å². The summed E-state index contributed by atoms with van der Waals surface area (Å²) in [5.41, 5.74) is 6.80. The third-order valence-electron chi connectivity index (χ3n) is 5.07. The van der Waals surface area contributed by atoms with Crippen molar-refractivity contribution in [2.75, 3.05) is 23.3 Å². The molecule has 1 aliphatic heterocycles. The van der Waals surface area contributed by atoms with Crippen molar-refractivity contribution >= 4 is 40.8 Å². The van der Waals surface area contributed by atoms with Crippen LogP contribution in [0.15, 0.2) is 59.1 Å². The Bertz CT molecular complexity index is 1050. The van der Waals surface area contributed by atoms with E-state index in [9.17, 15) is 4.79 Å². The van der Waals surface area contributed by atoms with Gasteiger partial charge < -0.3 is 16.0 Å².